The highest BCUT2D eigenvalue weighted by Gasteiger charge is 2.04. The maximum absolute atomic E-state index is 11.5. The number of amides is 1. The lowest BCUT2D eigenvalue weighted by Gasteiger charge is -2.04. The zero-order chi connectivity index (χ0) is 12.1. The van der Waals surface area contributed by atoms with Crippen LogP contribution in [0.25, 0.3) is 0 Å². The average molecular weight is 232 g/mol. The summed E-state index contributed by atoms with van der Waals surface area (Å²) in [6.45, 7) is 0.353. The smallest absolute Gasteiger partial charge is 0.250 e. The fraction of sp³-hybridized carbons (Fsp3) is 0.182. The van der Waals surface area contributed by atoms with Crippen molar-refractivity contribution in [3.63, 3.8) is 0 Å². The maximum Gasteiger partial charge on any atom is 0.250 e. The van der Waals surface area contributed by atoms with Gasteiger partial charge < -0.3 is 9.55 Å². The standard InChI is InChI=1S/C11H12N4O2/c16-9(14-11-12-5-6-13-11)4-8-15-7-2-1-3-10(15)17/h1-3,5-7H,4,8H2,(H2,12,13,14,16). The van der Waals surface area contributed by atoms with Crippen LogP contribution in [0.5, 0.6) is 0 Å². The number of nitrogens with one attached hydrogen (secondary N) is 2. The lowest BCUT2D eigenvalue weighted by molar-refractivity contribution is -0.116. The minimum Gasteiger partial charge on any atom is -0.331 e. The molecule has 88 valence electrons. The highest BCUT2D eigenvalue weighted by molar-refractivity contribution is 5.88. The monoisotopic (exact) mass is 232 g/mol. The number of carbonyl (C=O) groups excluding carboxylic acids is 1. The molecule has 17 heavy (non-hydrogen) atoms. The van der Waals surface area contributed by atoms with Crippen molar-refractivity contribution in [3.05, 3.63) is 47.1 Å². The van der Waals surface area contributed by atoms with Gasteiger partial charge in [-0.15, -0.1) is 0 Å². The molecule has 2 N–H and O–H groups in total. The number of pyridine rings is 1. The Kier molecular flexibility index (Phi) is 3.34. The molecule has 0 atom stereocenters. The van der Waals surface area contributed by atoms with Crippen LogP contribution in [-0.2, 0) is 11.3 Å². The van der Waals surface area contributed by atoms with Crippen LogP contribution in [-0.4, -0.2) is 20.4 Å². The average Bonchev–Trinajstić information content (AvgIpc) is 2.81. The van der Waals surface area contributed by atoms with Gasteiger partial charge in [0.05, 0.1) is 0 Å². The molecule has 0 spiro atoms. The number of anilines is 1. The van der Waals surface area contributed by atoms with Crippen molar-refractivity contribution >= 4 is 11.9 Å². The van der Waals surface area contributed by atoms with Gasteiger partial charge in [-0.1, -0.05) is 6.07 Å². The Bertz CT molecular complexity index is 545. The summed E-state index contributed by atoms with van der Waals surface area (Å²) >= 11 is 0. The van der Waals surface area contributed by atoms with Gasteiger partial charge in [0, 0.05) is 37.6 Å². The molecule has 0 aliphatic heterocycles. The van der Waals surface area contributed by atoms with E-state index < -0.39 is 0 Å². The van der Waals surface area contributed by atoms with E-state index in [4.69, 9.17) is 0 Å². The van der Waals surface area contributed by atoms with Gasteiger partial charge >= 0.3 is 0 Å². The van der Waals surface area contributed by atoms with Crippen LogP contribution in [0.4, 0.5) is 5.95 Å². The zero-order valence-corrected chi connectivity index (χ0v) is 9.09. The van der Waals surface area contributed by atoms with Gasteiger partial charge in [0.15, 0.2) is 0 Å². The molecule has 0 saturated heterocycles. The van der Waals surface area contributed by atoms with E-state index in [1.54, 1.807) is 30.7 Å². The van der Waals surface area contributed by atoms with Crippen LogP contribution >= 0.6 is 0 Å². The summed E-state index contributed by atoms with van der Waals surface area (Å²) in [7, 11) is 0. The predicted octanol–water partition coefficient (Wildman–Crippen LogP) is 0.600. The summed E-state index contributed by atoms with van der Waals surface area (Å²) in [6, 6.07) is 4.89. The quantitative estimate of drug-likeness (QED) is 0.810. The van der Waals surface area contributed by atoms with E-state index in [0.717, 1.165) is 0 Å². The van der Waals surface area contributed by atoms with Gasteiger partial charge in [0.1, 0.15) is 0 Å². The fourth-order valence-electron chi connectivity index (χ4n) is 1.40. The Hall–Kier alpha value is -2.37. The van der Waals surface area contributed by atoms with Gasteiger partial charge in [0.2, 0.25) is 11.9 Å². The second-order valence-corrected chi connectivity index (χ2v) is 3.47. The van der Waals surface area contributed by atoms with E-state index in [9.17, 15) is 9.59 Å². The lowest BCUT2D eigenvalue weighted by atomic mass is 10.3. The molecule has 1 amide bonds. The van der Waals surface area contributed by atoms with Gasteiger partial charge in [0.25, 0.3) is 5.56 Å². The van der Waals surface area contributed by atoms with Crippen LogP contribution < -0.4 is 10.9 Å². The maximum atomic E-state index is 11.5. The summed E-state index contributed by atoms with van der Waals surface area (Å²) in [5.74, 6) is 0.228. The molecule has 0 radical (unpaired) electrons. The first-order valence-electron chi connectivity index (χ1n) is 5.20. The number of aromatic nitrogens is 3. The molecule has 0 bridgehead atoms. The van der Waals surface area contributed by atoms with E-state index in [0.29, 0.717) is 12.5 Å². The highest BCUT2D eigenvalue weighted by Crippen LogP contribution is 1.97. The van der Waals surface area contributed by atoms with E-state index in [2.05, 4.69) is 15.3 Å². The molecule has 2 aromatic heterocycles. The second kappa shape index (κ2) is 5.11. The SMILES string of the molecule is O=C(CCn1ccccc1=O)Nc1ncc[nH]1. The Morgan fingerprint density at radius 2 is 2.35 bits per heavy atom. The minimum atomic E-state index is -0.185. The van der Waals surface area contributed by atoms with E-state index in [1.165, 1.54) is 10.6 Å². The second-order valence-electron chi connectivity index (χ2n) is 3.47. The largest absolute Gasteiger partial charge is 0.331 e. The van der Waals surface area contributed by atoms with Crippen LogP contribution in [0.15, 0.2) is 41.6 Å². The number of aryl methyl sites for hydroxylation is 1. The molecule has 2 rings (SSSR count). The molecule has 0 aromatic carbocycles. The third kappa shape index (κ3) is 3.04. The van der Waals surface area contributed by atoms with Crippen LogP contribution in [0, 0.1) is 0 Å². The molecule has 6 nitrogen and oxygen atoms in total. The van der Waals surface area contributed by atoms with E-state index in [1.807, 2.05) is 0 Å². The highest BCUT2D eigenvalue weighted by atomic mass is 16.2. The van der Waals surface area contributed by atoms with Crippen molar-refractivity contribution in [2.45, 2.75) is 13.0 Å². The van der Waals surface area contributed by atoms with Crippen molar-refractivity contribution in [1.29, 1.82) is 0 Å². The Balaban J connectivity index is 1.89. The van der Waals surface area contributed by atoms with E-state index in [-0.39, 0.29) is 17.9 Å². The normalized spacial score (nSPS) is 10.1. The Labute approximate surface area is 97.3 Å². The number of aromatic amines is 1. The molecule has 0 aliphatic carbocycles. The molecule has 0 aliphatic rings. The van der Waals surface area contributed by atoms with Crippen LogP contribution in [0.2, 0.25) is 0 Å². The minimum absolute atomic E-state index is 0.113. The summed E-state index contributed by atoms with van der Waals surface area (Å²) < 4.78 is 1.49. The molecule has 0 unspecified atom stereocenters. The Morgan fingerprint density at radius 1 is 1.47 bits per heavy atom. The summed E-state index contributed by atoms with van der Waals surface area (Å²) in [5, 5.41) is 2.59. The molecular weight excluding hydrogens is 220 g/mol. The number of hydrogen-bond acceptors (Lipinski definition) is 3. The van der Waals surface area contributed by atoms with Gasteiger partial charge in [-0.2, -0.15) is 0 Å². The van der Waals surface area contributed by atoms with Crippen LogP contribution in [0.3, 0.4) is 0 Å². The predicted molar refractivity (Wildman–Crippen MR) is 62.5 cm³/mol. The first-order chi connectivity index (χ1) is 8.25. The third-order valence-corrected chi connectivity index (χ3v) is 2.23. The molecule has 2 heterocycles. The molecule has 0 fully saturated rings. The summed E-state index contributed by atoms with van der Waals surface area (Å²) in [6.07, 6.45) is 5.06. The van der Waals surface area contributed by atoms with Crippen molar-refractivity contribution in [2.75, 3.05) is 5.32 Å². The number of nitrogens with zero attached hydrogens (tertiary/aromatic N) is 2. The first kappa shape index (κ1) is 11.1. The third-order valence-electron chi connectivity index (χ3n) is 2.23. The summed E-state index contributed by atoms with van der Waals surface area (Å²) in [4.78, 5) is 29.5. The number of carbonyl (C=O) groups is 1. The van der Waals surface area contributed by atoms with Crippen molar-refractivity contribution in [3.8, 4) is 0 Å². The number of imidazole rings is 1. The number of H-pyrrole nitrogens is 1. The molecule has 2 aromatic rings. The first-order valence-corrected chi connectivity index (χ1v) is 5.20. The van der Waals surface area contributed by atoms with E-state index >= 15 is 0 Å². The van der Waals surface area contributed by atoms with Gasteiger partial charge in [-0.25, -0.2) is 4.98 Å². The number of hydrogen-bond donors (Lipinski definition) is 2. The van der Waals surface area contributed by atoms with Crippen molar-refractivity contribution in [2.24, 2.45) is 0 Å². The topological polar surface area (TPSA) is 79.8 Å². The zero-order valence-electron chi connectivity index (χ0n) is 9.09. The molecule has 6 heteroatoms. The summed E-state index contributed by atoms with van der Waals surface area (Å²) in [5.41, 5.74) is -0.113. The van der Waals surface area contributed by atoms with Crippen molar-refractivity contribution < 1.29 is 4.79 Å². The molecular formula is C11H12N4O2. The molecule has 0 saturated carbocycles. The lowest BCUT2D eigenvalue weighted by Crippen LogP contribution is -2.22. The van der Waals surface area contributed by atoms with Crippen molar-refractivity contribution in [1.82, 2.24) is 14.5 Å². The van der Waals surface area contributed by atoms with Gasteiger partial charge in [-0.3, -0.25) is 14.9 Å². The fourth-order valence-corrected chi connectivity index (χ4v) is 1.40. The Morgan fingerprint density at radius 3 is 3.06 bits per heavy atom. The van der Waals surface area contributed by atoms with Gasteiger partial charge in [-0.05, 0) is 6.07 Å². The van der Waals surface area contributed by atoms with Crippen LogP contribution in [0.1, 0.15) is 6.42 Å². The number of rotatable bonds is 4.